The smallest absolute Gasteiger partial charge is 0.235 e. The molecule has 0 aromatic heterocycles. The van der Waals surface area contributed by atoms with Crippen molar-refractivity contribution in [1.82, 2.24) is 4.90 Å². The van der Waals surface area contributed by atoms with Gasteiger partial charge in [-0.25, -0.2) is 0 Å². The molecule has 2 fully saturated rings. The number of rotatable bonds is 5. The molecule has 0 N–H and O–H groups in total. The van der Waals surface area contributed by atoms with Crippen molar-refractivity contribution in [3.05, 3.63) is 47.5 Å². The van der Waals surface area contributed by atoms with Gasteiger partial charge in [0.05, 0.1) is 30.1 Å². The van der Waals surface area contributed by atoms with E-state index in [2.05, 4.69) is 51.1 Å². The van der Waals surface area contributed by atoms with E-state index in [0.717, 1.165) is 18.4 Å². The topological polar surface area (TPSA) is 55.8 Å². The fraction of sp³-hybridized carbons (Fsp3) is 0.630. The number of likely N-dealkylation sites (tertiary alicyclic amines) is 1. The molecule has 32 heavy (non-hydrogen) atoms. The molecule has 3 aliphatic rings. The number of fused-ring (bicyclic) bond motifs is 1. The summed E-state index contributed by atoms with van der Waals surface area (Å²) in [5, 5.41) is 0. The molecule has 4 rings (SSSR count). The third kappa shape index (κ3) is 3.84. The Morgan fingerprint density at radius 3 is 2.34 bits per heavy atom. The highest BCUT2D eigenvalue weighted by molar-refractivity contribution is 6.06. The van der Waals surface area contributed by atoms with Crippen molar-refractivity contribution in [1.29, 1.82) is 0 Å². The van der Waals surface area contributed by atoms with E-state index in [1.54, 1.807) is 14.2 Å². The van der Waals surface area contributed by atoms with Crippen LogP contribution in [0.3, 0.4) is 0 Å². The van der Waals surface area contributed by atoms with Gasteiger partial charge < -0.3 is 9.47 Å². The molecule has 2 amide bonds. The van der Waals surface area contributed by atoms with Gasteiger partial charge in [0.2, 0.25) is 11.8 Å². The zero-order chi connectivity index (χ0) is 23.2. The summed E-state index contributed by atoms with van der Waals surface area (Å²) in [6, 6.07) is 10.7. The van der Waals surface area contributed by atoms with Crippen LogP contribution in [0, 0.1) is 23.7 Å². The number of ether oxygens (including phenoxy) is 2. The van der Waals surface area contributed by atoms with E-state index in [1.165, 1.54) is 16.9 Å². The standard InChI is InChI=1S/C27H37NO4/c1-16-12-13-19(27(3,4)18-10-8-7-9-11-18)20(14-16)32-24-17(2)15-21(31-6)22-23(24)26(30)28(5)25(22)29/h7-11,15-16,19-24H,12-14H2,1-6H3/t16-,19-,20-,21-,22-,23-,24-/m1/s1. The Morgan fingerprint density at radius 2 is 1.69 bits per heavy atom. The van der Waals surface area contributed by atoms with Gasteiger partial charge in [-0.2, -0.15) is 0 Å². The van der Waals surface area contributed by atoms with Crippen LogP contribution in [-0.4, -0.2) is 49.2 Å². The Morgan fingerprint density at radius 1 is 1.03 bits per heavy atom. The maximum Gasteiger partial charge on any atom is 0.235 e. The van der Waals surface area contributed by atoms with Crippen LogP contribution in [-0.2, 0) is 24.5 Å². The maximum atomic E-state index is 13.1. The SMILES string of the molecule is CO[C@@H]1C=C(C)[C@@H](O[C@@H]2C[C@H](C)CC[C@H]2C(C)(C)c2ccccc2)[C@@H]2C(=O)N(C)C(=O)[C@@H]21. The molecular weight excluding hydrogens is 402 g/mol. The van der Waals surface area contributed by atoms with Crippen LogP contribution in [0.15, 0.2) is 42.0 Å². The normalized spacial score (nSPS) is 35.6. The fourth-order valence-electron chi connectivity index (χ4n) is 6.25. The molecule has 1 aromatic rings. The molecule has 0 radical (unpaired) electrons. The average Bonchev–Trinajstić information content (AvgIpc) is 3.00. The number of imide groups is 1. The molecule has 5 nitrogen and oxygen atoms in total. The van der Waals surface area contributed by atoms with E-state index >= 15 is 0 Å². The number of hydrogen-bond acceptors (Lipinski definition) is 4. The van der Waals surface area contributed by atoms with Gasteiger partial charge in [-0.15, -0.1) is 0 Å². The number of benzene rings is 1. The monoisotopic (exact) mass is 439 g/mol. The summed E-state index contributed by atoms with van der Waals surface area (Å²) in [5.41, 5.74) is 2.25. The van der Waals surface area contributed by atoms with Gasteiger partial charge in [-0.3, -0.25) is 14.5 Å². The predicted octanol–water partition coefficient (Wildman–Crippen LogP) is 4.36. The molecule has 1 saturated heterocycles. The summed E-state index contributed by atoms with van der Waals surface area (Å²) in [7, 11) is 3.18. The van der Waals surface area contributed by atoms with Crippen molar-refractivity contribution >= 4 is 11.8 Å². The lowest BCUT2D eigenvalue weighted by atomic mass is 9.64. The highest BCUT2D eigenvalue weighted by Gasteiger charge is 2.56. The van der Waals surface area contributed by atoms with E-state index in [9.17, 15) is 9.59 Å². The van der Waals surface area contributed by atoms with Gasteiger partial charge >= 0.3 is 0 Å². The van der Waals surface area contributed by atoms with Crippen molar-refractivity contribution < 1.29 is 19.1 Å². The zero-order valence-corrected chi connectivity index (χ0v) is 20.2. The minimum absolute atomic E-state index is 0.0239. The predicted molar refractivity (Wildman–Crippen MR) is 124 cm³/mol. The average molecular weight is 440 g/mol. The second-order valence-corrected chi connectivity index (χ2v) is 10.6. The second kappa shape index (κ2) is 8.75. The number of hydrogen-bond donors (Lipinski definition) is 0. The maximum absolute atomic E-state index is 13.1. The molecule has 0 spiro atoms. The first-order valence-corrected chi connectivity index (χ1v) is 11.9. The number of amides is 2. The van der Waals surface area contributed by atoms with Gasteiger partial charge in [0.25, 0.3) is 0 Å². The van der Waals surface area contributed by atoms with Crippen LogP contribution in [0.2, 0.25) is 0 Å². The molecule has 5 heteroatoms. The largest absolute Gasteiger partial charge is 0.377 e. The summed E-state index contributed by atoms with van der Waals surface area (Å²) in [5.74, 6) is -0.434. The second-order valence-electron chi connectivity index (χ2n) is 10.6. The number of nitrogens with zero attached hydrogens (tertiary/aromatic N) is 1. The molecule has 0 unspecified atom stereocenters. The van der Waals surface area contributed by atoms with Gasteiger partial charge in [0.15, 0.2) is 0 Å². The van der Waals surface area contributed by atoms with E-state index in [0.29, 0.717) is 11.8 Å². The van der Waals surface area contributed by atoms with Crippen molar-refractivity contribution in [3.8, 4) is 0 Å². The zero-order valence-electron chi connectivity index (χ0n) is 20.2. The first-order valence-electron chi connectivity index (χ1n) is 11.9. The van der Waals surface area contributed by atoms with E-state index in [1.807, 2.05) is 13.0 Å². The highest BCUT2D eigenvalue weighted by atomic mass is 16.5. The molecule has 0 bridgehead atoms. The number of carbonyl (C=O) groups is 2. The Bertz CT molecular complexity index is 892. The van der Waals surface area contributed by atoms with E-state index in [-0.39, 0.29) is 29.4 Å². The van der Waals surface area contributed by atoms with E-state index < -0.39 is 17.9 Å². The summed E-state index contributed by atoms with van der Waals surface area (Å²) in [6.07, 6.45) is 4.47. The van der Waals surface area contributed by atoms with Crippen molar-refractivity contribution in [3.63, 3.8) is 0 Å². The minimum Gasteiger partial charge on any atom is -0.377 e. The van der Waals surface area contributed by atoms with E-state index in [4.69, 9.17) is 9.47 Å². The van der Waals surface area contributed by atoms with Crippen molar-refractivity contribution in [2.24, 2.45) is 23.7 Å². The Labute approximate surface area is 192 Å². The quantitative estimate of drug-likeness (QED) is 0.505. The summed E-state index contributed by atoms with van der Waals surface area (Å²) >= 11 is 0. The van der Waals surface area contributed by atoms with Gasteiger partial charge in [-0.05, 0) is 48.2 Å². The summed E-state index contributed by atoms with van der Waals surface area (Å²) in [6.45, 7) is 8.91. The molecule has 174 valence electrons. The van der Waals surface area contributed by atoms with Crippen LogP contribution in [0.1, 0.15) is 52.5 Å². The van der Waals surface area contributed by atoms with Crippen LogP contribution >= 0.6 is 0 Å². The van der Waals surface area contributed by atoms with Gasteiger partial charge in [0, 0.05) is 14.2 Å². The number of carbonyl (C=O) groups excluding carboxylic acids is 2. The molecule has 1 saturated carbocycles. The lowest BCUT2D eigenvalue weighted by molar-refractivity contribution is -0.142. The fourth-order valence-corrected chi connectivity index (χ4v) is 6.25. The molecule has 1 aromatic carbocycles. The third-order valence-electron chi connectivity index (χ3n) is 8.27. The Kier molecular flexibility index (Phi) is 6.34. The van der Waals surface area contributed by atoms with Crippen LogP contribution in [0.4, 0.5) is 0 Å². The Balaban J connectivity index is 1.67. The number of methoxy groups -OCH3 is 1. The molecular formula is C27H37NO4. The molecule has 2 aliphatic carbocycles. The summed E-state index contributed by atoms with van der Waals surface area (Å²) in [4.78, 5) is 27.2. The van der Waals surface area contributed by atoms with Gasteiger partial charge in [-0.1, -0.05) is 63.6 Å². The van der Waals surface area contributed by atoms with Crippen LogP contribution in [0.25, 0.3) is 0 Å². The van der Waals surface area contributed by atoms with Crippen LogP contribution in [0.5, 0.6) is 0 Å². The molecule has 1 aliphatic heterocycles. The summed E-state index contributed by atoms with van der Waals surface area (Å²) < 4.78 is 12.5. The van der Waals surface area contributed by atoms with Crippen molar-refractivity contribution in [2.45, 2.75) is 70.7 Å². The first kappa shape index (κ1) is 23.2. The van der Waals surface area contributed by atoms with Crippen molar-refractivity contribution in [2.75, 3.05) is 14.2 Å². The van der Waals surface area contributed by atoms with Crippen LogP contribution < -0.4 is 0 Å². The highest BCUT2D eigenvalue weighted by Crippen LogP contribution is 2.47. The van der Waals surface area contributed by atoms with Gasteiger partial charge in [0.1, 0.15) is 0 Å². The lowest BCUT2D eigenvalue weighted by Crippen LogP contribution is -2.49. The third-order valence-corrected chi connectivity index (χ3v) is 8.27. The molecule has 7 atom stereocenters. The minimum atomic E-state index is -0.514. The molecule has 1 heterocycles. The Hall–Kier alpha value is -1.98. The first-order chi connectivity index (χ1) is 15.2. The lowest BCUT2D eigenvalue weighted by Gasteiger charge is -2.47.